The van der Waals surface area contributed by atoms with Crippen LogP contribution in [0.15, 0.2) is 69.5 Å². The Morgan fingerprint density at radius 2 is 2.00 bits per heavy atom. The maximum atomic E-state index is 13.5. The molecule has 3 aromatic rings. The van der Waals surface area contributed by atoms with E-state index in [-0.39, 0.29) is 11.5 Å². The fourth-order valence-electron chi connectivity index (χ4n) is 4.44. The van der Waals surface area contributed by atoms with Crippen LogP contribution in [0.2, 0.25) is 0 Å². The number of benzene rings is 1. The van der Waals surface area contributed by atoms with Crippen LogP contribution in [0, 0.1) is 23.2 Å². The molecule has 0 aliphatic heterocycles. The zero-order valence-corrected chi connectivity index (χ0v) is 22.4. The SMILES string of the molecule is CN(C(=O)/C(C#N)=C/c1ncc(Br)cc1Br)C1(c2ccc(C#CCn3cccn3)cc2)CCCC1. The van der Waals surface area contributed by atoms with E-state index in [0.29, 0.717) is 16.7 Å². The average Bonchev–Trinajstić information content (AvgIpc) is 3.56. The molecule has 0 bridgehead atoms. The molecule has 6 nitrogen and oxygen atoms in total. The number of likely N-dealkylation sites (N-methyl/N-ethyl adjacent to an activating group) is 1. The molecule has 1 aromatic carbocycles. The average molecular weight is 593 g/mol. The minimum absolute atomic E-state index is 0.0513. The molecule has 1 aliphatic carbocycles. The Balaban J connectivity index is 1.58. The highest BCUT2D eigenvalue weighted by Crippen LogP contribution is 2.44. The number of nitrogens with zero attached hydrogens (tertiary/aromatic N) is 5. The van der Waals surface area contributed by atoms with Gasteiger partial charge in [0, 0.05) is 40.1 Å². The van der Waals surface area contributed by atoms with Gasteiger partial charge in [0.15, 0.2) is 0 Å². The van der Waals surface area contributed by atoms with Gasteiger partial charge < -0.3 is 4.90 Å². The number of aromatic nitrogens is 3. The Kier molecular flexibility index (Phi) is 7.85. The number of carbonyl (C=O) groups is 1. The molecule has 35 heavy (non-hydrogen) atoms. The minimum atomic E-state index is -0.460. The van der Waals surface area contributed by atoms with Gasteiger partial charge >= 0.3 is 0 Å². The summed E-state index contributed by atoms with van der Waals surface area (Å²) < 4.78 is 3.29. The summed E-state index contributed by atoms with van der Waals surface area (Å²) in [6.07, 6.45) is 10.5. The van der Waals surface area contributed by atoms with Gasteiger partial charge in [-0.1, -0.05) is 36.8 Å². The Hall–Kier alpha value is -3.20. The van der Waals surface area contributed by atoms with Crippen LogP contribution >= 0.6 is 31.9 Å². The summed E-state index contributed by atoms with van der Waals surface area (Å²) in [6, 6.07) is 13.9. The first kappa shape index (κ1) is 24.9. The van der Waals surface area contributed by atoms with Crippen molar-refractivity contribution in [1.82, 2.24) is 19.7 Å². The van der Waals surface area contributed by atoms with Crippen LogP contribution in [0.5, 0.6) is 0 Å². The summed E-state index contributed by atoms with van der Waals surface area (Å²) in [7, 11) is 1.79. The third-order valence-corrected chi connectivity index (χ3v) is 7.37. The number of hydrogen-bond acceptors (Lipinski definition) is 4. The molecule has 0 atom stereocenters. The van der Waals surface area contributed by atoms with E-state index in [4.69, 9.17) is 0 Å². The van der Waals surface area contributed by atoms with Gasteiger partial charge in [-0.15, -0.1) is 0 Å². The molecule has 0 spiro atoms. The second-order valence-electron chi connectivity index (χ2n) is 8.38. The molecule has 4 rings (SSSR count). The van der Waals surface area contributed by atoms with Crippen LogP contribution in [0.1, 0.15) is 42.5 Å². The first-order chi connectivity index (χ1) is 16.9. The molecule has 2 aromatic heterocycles. The molecule has 2 heterocycles. The van der Waals surface area contributed by atoms with Crippen LogP contribution in [0.3, 0.4) is 0 Å². The third kappa shape index (κ3) is 5.56. The highest BCUT2D eigenvalue weighted by atomic mass is 79.9. The number of halogens is 2. The van der Waals surface area contributed by atoms with Crippen molar-refractivity contribution in [2.75, 3.05) is 7.05 Å². The van der Waals surface area contributed by atoms with Gasteiger partial charge in [0.1, 0.15) is 18.2 Å². The Morgan fingerprint density at radius 3 is 2.63 bits per heavy atom. The largest absolute Gasteiger partial charge is 0.331 e. The van der Waals surface area contributed by atoms with E-state index in [1.165, 1.54) is 6.08 Å². The van der Waals surface area contributed by atoms with E-state index in [2.05, 4.69) is 72.0 Å². The Bertz CT molecular complexity index is 1340. The van der Waals surface area contributed by atoms with Gasteiger partial charge in [-0.3, -0.25) is 14.5 Å². The fraction of sp³-hybridized carbons (Fsp3) is 0.259. The third-order valence-electron chi connectivity index (χ3n) is 6.30. The lowest BCUT2D eigenvalue weighted by Crippen LogP contribution is -2.45. The van der Waals surface area contributed by atoms with Crippen LogP contribution in [0.25, 0.3) is 6.08 Å². The molecular formula is C27H23Br2N5O. The first-order valence-corrected chi connectivity index (χ1v) is 12.8. The highest BCUT2D eigenvalue weighted by molar-refractivity contribution is 9.11. The second-order valence-corrected chi connectivity index (χ2v) is 10.1. The highest BCUT2D eigenvalue weighted by Gasteiger charge is 2.42. The summed E-state index contributed by atoms with van der Waals surface area (Å²) in [4.78, 5) is 19.6. The summed E-state index contributed by atoms with van der Waals surface area (Å²) in [6.45, 7) is 0.530. The molecule has 0 unspecified atom stereocenters. The van der Waals surface area contributed by atoms with Gasteiger partial charge in [-0.25, -0.2) is 0 Å². The van der Waals surface area contributed by atoms with Gasteiger partial charge in [-0.05, 0) is 80.6 Å². The van der Waals surface area contributed by atoms with Crippen molar-refractivity contribution >= 4 is 43.8 Å². The summed E-state index contributed by atoms with van der Waals surface area (Å²) in [5, 5.41) is 14.0. The summed E-state index contributed by atoms with van der Waals surface area (Å²) >= 11 is 6.82. The number of nitriles is 1. The first-order valence-electron chi connectivity index (χ1n) is 11.2. The van der Waals surface area contributed by atoms with Crippen molar-refractivity contribution in [3.63, 3.8) is 0 Å². The standard InChI is InChI=1S/C27H23Br2N5O/c1-33(26(35)21(18-30)16-25-24(29)17-23(28)19-31-25)27(11-2-3-12-27)22-9-7-20(8-10-22)6-4-14-34-15-5-13-32-34/h5,7-10,13,15-17,19H,2-3,11-12,14H2,1H3/b21-16+. The van der Waals surface area contributed by atoms with E-state index >= 15 is 0 Å². The second kappa shape index (κ2) is 11.0. The van der Waals surface area contributed by atoms with E-state index in [9.17, 15) is 10.1 Å². The lowest BCUT2D eigenvalue weighted by Gasteiger charge is -2.39. The molecule has 1 aliphatic rings. The predicted octanol–water partition coefficient (Wildman–Crippen LogP) is 5.69. The zero-order chi connectivity index (χ0) is 24.8. The number of carbonyl (C=O) groups excluding carboxylic acids is 1. The molecular weight excluding hydrogens is 570 g/mol. The fourth-order valence-corrected chi connectivity index (χ4v) is 5.54. The molecule has 0 saturated heterocycles. The molecule has 0 radical (unpaired) electrons. The van der Waals surface area contributed by atoms with Crippen LogP contribution < -0.4 is 0 Å². The molecule has 1 amide bonds. The number of rotatable bonds is 5. The van der Waals surface area contributed by atoms with Crippen molar-refractivity contribution in [3.8, 4) is 17.9 Å². The van der Waals surface area contributed by atoms with Crippen LogP contribution in [0.4, 0.5) is 0 Å². The van der Waals surface area contributed by atoms with Gasteiger partial charge in [0.05, 0.1) is 11.2 Å². The molecule has 1 saturated carbocycles. The van der Waals surface area contributed by atoms with E-state index in [1.807, 2.05) is 30.5 Å². The van der Waals surface area contributed by atoms with Crippen LogP contribution in [-0.4, -0.2) is 32.6 Å². The molecule has 1 fully saturated rings. The van der Waals surface area contributed by atoms with E-state index in [0.717, 1.165) is 41.3 Å². The number of amides is 1. The van der Waals surface area contributed by atoms with Crippen molar-refractivity contribution in [1.29, 1.82) is 5.26 Å². The zero-order valence-electron chi connectivity index (χ0n) is 19.2. The lowest BCUT2D eigenvalue weighted by atomic mass is 9.85. The summed E-state index contributed by atoms with van der Waals surface area (Å²) in [5.74, 6) is 5.99. The maximum Gasteiger partial charge on any atom is 0.265 e. The topological polar surface area (TPSA) is 74.8 Å². The Labute approximate surface area is 221 Å². The maximum absolute atomic E-state index is 13.5. The molecule has 176 valence electrons. The molecule has 0 N–H and O–H groups in total. The summed E-state index contributed by atoms with van der Waals surface area (Å²) in [5.41, 5.74) is 2.09. The van der Waals surface area contributed by atoms with Gasteiger partial charge in [0.2, 0.25) is 0 Å². The van der Waals surface area contributed by atoms with Crippen molar-refractivity contribution in [2.45, 2.75) is 37.8 Å². The number of pyridine rings is 1. The monoisotopic (exact) mass is 591 g/mol. The van der Waals surface area contributed by atoms with Crippen molar-refractivity contribution < 1.29 is 4.79 Å². The van der Waals surface area contributed by atoms with Crippen molar-refractivity contribution in [3.05, 3.63) is 86.3 Å². The van der Waals surface area contributed by atoms with Gasteiger partial charge in [-0.2, -0.15) is 10.4 Å². The van der Waals surface area contributed by atoms with Crippen molar-refractivity contribution in [2.24, 2.45) is 0 Å². The van der Waals surface area contributed by atoms with Crippen LogP contribution in [-0.2, 0) is 16.9 Å². The minimum Gasteiger partial charge on any atom is -0.331 e. The van der Waals surface area contributed by atoms with E-state index in [1.54, 1.807) is 29.0 Å². The van der Waals surface area contributed by atoms with E-state index < -0.39 is 5.54 Å². The smallest absolute Gasteiger partial charge is 0.265 e. The number of hydrogen-bond donors (Lipinski definition) is 0. The predicted molar refractivity (Wildman–Crippen MR) is 142 cm³/mol. The molecule has 8 heteroatoms. The lowest BCUT2D eigenvalue weighted by molar-refractivity contribution is -0.131. The Morgan fingerprint density at radius 1 is 1.26 bits per heavy atom. The quantitative estimate of drug-likeness (QED) is 0.217. The van der Waals surface area contributed by atoms with Gasteiger partial charge in [0.25, 0.3) is 5.91 Å². The normalized spacial score (nSPS) is 14.6.